The minimum Gasteiger partial charge on any atom is -1.00 e. The Labute approximate surface area is 143 Å². The first-order valence-electron chi connectivity index (χ1n) is 7.96. The molecule has 3 aromatic rings. The van der Waals surface area contributed by atoms with Crippen LogP contribution in [-0.4, -0.2) is 4.98 Å². The molecule has 23 heavy (non-hydrogen) atoms. The summed E-state index contributed by atoms with van der Waals surface area (Å²) in [7, 11) is 0. The van der Waals surface area contributed by atoms with Crippen molar-refractivity contribution >= 4 is 22.3 Å². The third-order valence-corrected chi connectivity index (χ3v) is 4.49. The van der Waals surface area contributed by atoms with Crippen LogP contribution in [0.25, 0.3) is 10.9 Å². The Balaban J connectivity index is 0.00000156. The zero-order valence-corrected chi connectivity index (χ0v) is 14.2. The monoisotopic (exact) mass is 323 g/mol. The summed E-state index contributed by atoms with van der Waals surface area (Å²) in [5, 5.41) is 4.90. The van der Waals surface area contributed by atoms with Gasteiger partial charge in [0.05, 0.1) is 11.2 Å². The fourth-order valence-corrected chi connectivity index (χ4v) is 3.30. The SMILES string of the molecule is Cc1ccc(Nc2c3c(nc4ccc(C)cc24)CCC3)cc1.[Cl-]. The number of nitrogens with zero attached hydrogens (tertiary/aromatic N) is 1. The molecule has 1 aliphatic carbocycles. The number of hydrogen-bond acceptors (Lipinski definition) is 2. The van der Waals surface area contributed by atoms with E-state index in [0.29, 0.717) is 0 Å². The molecule has 1 N–H and O–H groups in total. The number of aryl methyl sites for hydroxylation is 3. The van der Waals surface area contributed by atoms with E-state index in [9.17, 15) is 0 Å². The second kappa shape index (κ2) is 6.21. The normalized spacial score (nSPS) is 12.8. The average molecular weight is 324 g/mol. The Morgan fingerprint density at radius 1 is 0.913 bits per heavy atom. The van der Waals surface area contributed by atoms with Crippen molar-refractivity contribution in [3.63, 3.8) is 0 Å². The largest absolute Gasteiger partial charge is 1.00 e. The highest BCUT2D eigenvalue weighted by molar-refractivity contribution is 5.96. The molecule has 0 bridgehead atoms. The Morgan fingerprint density at radius 2 is 1.65 bits per heavy atom. The molecule has 0 fully saturated rings. The molecular weight excluding hydrogens is 304 g/mol. The average Bonchev–Trinajstić information content (AvgIpc) is 2.98. The van der Waals surface area contributed by atoms with Gasteiger partial charge in [0.15, 0.2) is 0 Å². The van der Waals surface area contributed by atoms with E-state index in [0.717, 1.165) is 24.0 Å². The fraction of sp³-hybridized carbons (Fsp3) is 0.250. The number of halogens is 1. The topological polar surface area (TPSA) is 24.9 Å². The first-order chi connectivity index (χ1) is 10.7. The van der Waals surface area contributed by atoms with Gasteiger partial charge in [-0.2, -0.15) is 0 Å². The second-order valence-electron chi connectivity index (χ2n) is 6.28. The van der Waals surface area contributed by atoms with Crippen molar-refractivity contribution in [3.8, 4) is 0 Å². The van der Waals surface area contributed by atoms with Crippen LogP contribution in [0.1, 0.15) is 28.8 Å². The number of nitrogens with one attached hydrogen (secondary N) is 1. The lowest BCUT2D eigenvalue weighted by molar-refractivity contribution is -0.00000455. The molecule has 0 spiro atoms. The zero-order valence-electron chi connectivity index (χ0n) is 13.5. The van der Waals surface area contributed by atoms with Gasteiger partial charge in [-0.15, -0.1) is 0 Å². The number of fused-ring (bicyclic) bond motifs is 2. The molecule has 4 rings (SSSR count). The Bertz CT molecular complexity index is 854. The summed E-state index contributed by atoms with van der Waals surface area (Å²) in [4.78, 5) is 4.87. The summed E-state index contributed by atoms with van der Waals surface area (Å²) in [5.41, 5.74) is 8.73. The fourth-order valence-electron chi connectivity index (χ4n) is 3.30. The Hall–Kier alpha value is -2.06. The maximum absolute atomic E-state index is 4.87. The van der Waals surface area contributed by atoms with E-state index in [1.165, 1.54) is 39.9 Å². The number of aromatic nitrogens is 1. The van der Waals surface area contributed by atoms with Crippen molar-refractivity contribution in [2.24, 2.45) is 0 Å². The third kappa shape index (κ3) is 2.91. The zero-order chi connectivity index (χ0) is 15.1. The van der Waals surface area contributed by atoms with E-state index in [1.807, 2.05) is 0 Å². The van der Waals surface area contributed by atoms with Crippen LogP contribution in [-0.2, 0) is 12.8 Å². The molecule has 1 aromatic heterocycles. The van der Waals surface area contributed by atoms with Gasteiger partial charge in [0, 0.05) is 16.8 Å². The van der Waals surface area contributed by atoms with Gasteiger partial charge in [0.25, 0.3) is 0 Å². The van der Waals surface area contributed by atoms with Gasteiger partial charge in [-0.05, 0) is 62.9 Å². The molecule has 0 aliphatic heterocycles. The standard InChI is InChI=1S/C20H20N2.ClH/c1-13-6-9-15(10-7-13)21-20-16-4-3-5-18(16)22-19-11-8-14(2)12-17(19)20;/h6-12H,3-5H2,1-2H3,(H,21,22);1H/p-1. The number of rotatable bonds is 2. The third-order valence-electron chi connectivity index (χ3n) is 4.49. The molecule has 0 atom stereocenters. The molecule has 3 heteroatoms. The van der Waals surface area contributed by atoms with Gasteiger partial charge in [0.2, 0.25) is 0 Å². The number of hydrogen-bond donors (Lipinski definition) is 1. The van der Waals surface area contributed by atoms with Crippen LogP contribution >= 0.6 is 0 Å². The predicted molar refractivity (Wildman–Crippen MR) is 93.0 cm³/mol. The smallest absolute Gasteiger partial charge is 0.0726 e. The van der Waals surface area contributed by atoms with Gasteiger partial charge in [-0.25, -0.2) is 0 Å². The number of benzene rings is 2. The van der Waals surface area contributed by atoms with Gasteiger partial charge in [-0.1, -0.05) is 29.3 Å². The van der Waals surface area contributed by atoms with Crippen LogP contribution in [0.2, 0.25) is 0 Å². The van der Waals surface area contributed by atoms with Gasteiger partial charge < -0.3 is 17.7 Å². The van der Waals surface area contributed by atoms with E-state index in [2.05, 4.69) is 61.6 Å². The Morgan fingerprint density at radius 3 is 2.43 bits per heavy atom. The highest BCUT2D eigenvalue weighted by Gasteiger charge is 2.19. The van der Waals surface area contributed by atoms with E-state index in [-0.39, 0.29) is 12.4 Å². The van der Waals surface area contributed by atoms with Crippen LogP contribution in [0.4, 0.5) is 11.4 Å². The lowest BCUT2D eigenvalue weighted by Crippen LogP contribution is -3.00. The molecule has 0 amide bonds. The first kappa shape index (κ1) is 15.8. The molecule has 1 aliphatic rings. The second-order valence-corrected chi connectivity index (χ2v) is 6.28. The van der Waals surface area contributed by atoms with Crippen LogP contribution < -0.4 is 17.7 Å². The van der Waals surface area contributed by atoms with E-state index in [4.69, 9.17) is 4.98 Å². The van der Waals surface area contributed by atoms with Crippen molar-refractivity contribution in [1.29, 1.82) is 0 Å². The summed E-state index contributed by atoms with van der Waals surface area (Å²) in [6, 6.07) is 15.1. The minimum atomic E-state index is 0. The maximum Gasteiger partial charge on any atom is 0.0726 e. The van der Waals surface area contributed by atoms with E-state index in [1.54, 1.807) is 0 Å². The van der Waals surface area contributed by atoms with Crippen molar-refractivity contribution in [2.45, 2.75) is 33.1 Å². The minimum absolute atomic E-state index is 0. The highest BCUT2D eigenvalue weighted by atomic mass is 35.5. The molecule has 0 saturated carbocycles. The van der Waals surface area contributed by atoms with Crippen LogP contribution in [0.5, 0.6) is 0 Å². The van der Waals surface area contributed by atoms with E-state index < -0.39 is 0 Å². The summed E-state index contributed by atoms with van der Waals surface area (Å²) in [6.07, 6.45) is 3.43. The summed E-state index contributed by atoms with van der Waals surface area (Å²) in [5.74, 6) is 0. The molecule has 2 nitrogen and oxygen atoms in total. The van der Waals surface area contributed by atoms with Crippen molar-refractivity contribution in [2.75, 3.05) is 5.32 Å². The molecule has 0 radical (unpaired) electrons. The molecule has 1 heterocycles. The summed E-state index contributed by atoms with van der Waals surface area (Å²) < 4.78 is 0. The summed E-state index contributed by atoms with van der Waals surface area (Å²) >= 11 is 0. The van der Waals surface area contributed by atoms with Gasteiger partial charge in [-0.3, -0.25) is 4.98 Å². The molecule has 2 aromatic carbocycles. The molecule has 0 saturated heterocycles. The molecular formula is C20H20ClN2-. The van der Waals surface area contributed by atoms with Crippen LogP contribution in [0.3, 0.4) is 0 Å². The lowest BCUT2D eigenvalue weighted by Gasteiger charge is -2.15. The van der Waals surface area contributed by atoms with E-state index >= 15 is 0 Å². The van der Waals surface area contributed by atoms with Crippen LogP contribution in [0, 0.1) is 13.8 Å². The Kier molecular flexibility index (Phi) is 4.27. The van der Waals surface area contributed by atoms with Crippen molar-refractivity contribution in [3.05, 3.63) is 64.8 Å². The highest BCUT2D eigenvalue weighted by Crippen LogP contribution is 2.36. The quantitative estimate of drug-likeness (QED) is 0.781. The summed E-state index contributed by atoms with van der Waals surface area (Å²) in [6.45, 7) is 4.26. The molecule has 0 unspecified atom stereocenters. The van der Waals surface area contributed by atoms with Gasteiger partial charge in [0.1, 0.15) is 0 Å². The lowest BCUT2D eigenvalue weighted by atomic mass is 10.0. The predicted octanol–water partition coefficient (Wildman–Crippen LogP) is 2.09. The van der Waals surface area contributed by atoms with Crippen LogP contribution in [0.15, 0.2) is 42.5 Å². The van der Waals surface area contributed by atoms with Crippen molar-refractivity contribution in [1.82, 2.24) is 4.98 Å². The molecule has 118 valence electrons. The number of anilines is 2. The van der Waals surface area contributed by atoms with Crippen molar-refractivity contribution < 1.29 is 12.4 Å². The number of pyridine rings is 1. The first-order valence-corrected chi connectivity index (χ1v) is 7.96. The maximum atomic E-state index is 4.87. The van der Waals surface area contributed by atoms with Gasteiger partial charge >= 0.3 is 0 Å².